The van der Waals surface area contributed by atoms with Crippen molar-refractivity contribution in [2.45, 2.75) is 6.43 Å². The second kappa shape index (κ2) is 5.44. The lowest BCUT2D eigenvalue weighted by atomic mass is 10.1. The first kappa shape index (κ1) is 13.6. The average molecular weight is 281 g/mol. The van der Waals surface area contributed by atoms with Crippen LogP contribution < -0.4 is 10.6 Å². The number of fused-ring (bicyclic) bond motifs is 1. The average Bonchev–Trinajstić information content (AvgIpc) is 2.36. The molecule has 2 N–H and O–H groups in total. The van der Waals surface area contributed by atoms with Gasteiger partial charge in [-0.1, -0.05) is 30.4 Å². The van der Waals surface area contributed by atoms with Gasteiger partial charge in [-0.25, -0.2) is 13.8 Å². The second-order valence-corrected chi connectivity index (χ2v) is 4.63. The van der Waals surface area contributed by atoms with E-state index in [0.717, 1.165) is 10.9 Å². The van der Waals surface area contributed by atoms with Crippen LogP contribution in [0.2, 0.25) is 0 Å². The van der Waals surface area contributed by atoms with E-state index in [1.165, 1.54) is 4.90 Å². The third kappa shape index (κ3) is 2.96. The number of benzene rings is 1. The van der Waals surface area contributed by atoms with Crippen LogP contribution in [-0.2, 0) is 0 Å². The molecule has 0 unspecified atom stereocenters. The minimum Gasteiger partial charge on any atom is -0.389 e. The van der Waals surface area contributed by atoms with Crippen LogP contribution in [0.1, 0.15) is 5.56 Å². The molecule has 2 aromatic rings. The molecule has 2 rings (SSSR count). The lowest BCUT2D eigenvalue weighted by molar-refractivity contribution is 0.156. The van der Waals surface area contributed by atoms with Crippen LogP contribution in [0, 0.1) is 0 Å². The molecule has 3 nitrogen and oxygen atoms in total. The largest absolute Gasteiger partial charge is 0.389 e. The van der Waals surface area contributed by atoms with E-state index in [2.05, 4.69) is 4.98 Å². The van der Waals surface area contributed by atoms with Gasteiger partial charge in [-0.05, 0) is 12.1 Å². The molecule has 0 spiro atoms. The van der Waals surface area contributed by atoms with Crippen molar-refractivity contribution in [3.63, 3.8) is 0 Å². The van der Waals surface area contributed by atoms with Gasteiger partial charge in [0.25, 0.3) is 6.43 Å². The first-order valence-electron chi connectivity index (χ1n) is 5.68. The maximum absolute atomic E-state index is 12.5. The number of hydrogen-bond acceptors (Lipinski definition) is 3. The number of rotatable bonds is 4. The minimum atomic E-state index is -2.45. The summed E-state index contributed by atoms with van der Waals surface area (Å²) < 4.78 is 25.0. The number of alkyl halides is 2. The summed E-state index contributed by atoms with van der Waals surface area (Å²) in [5.41, 5.74) is 6.88. The van der Waals surface area contributed by atoms with Gasteiger partial charge in [-0.3, -0.25) is 0 Å². The first-order valence-corrected chi connectivity index (χ1v) is 6.08. The minimum absolute atomic E-state index is 0.148. The van der Waals surface area contributed by atoms with Crippen molar-refractivity contribution in [1.82, 2.24) is 4.98 Å². The van der Waals surface area contributed by atoms with Crippen LogP contribution in [0.3, 0.4) is 0 Å². The van der Waals surface area contributed by atoms with Crippen molar-refractivity contribution in [2.24, 2.45) is 5.73 Å². The fraction of sp³-hybridized carbons (Fsp3) is 0.231. The number of nitrogens with zero attached hydrogens (tertiary/aromatic N) is 2. The Morgan fingerprint density at radius 3 is 2.74 bits per heavy atom. The van der Waals surface area contributed by atoms with Gasteiger partial charge in [0.1, 0.15) is 10.8 Å². The van der Waals surface area contributed by atoms with Crippen LogP contribution in [-0.4, -0.2) is 30.0 Å². The van der Waals surface area contributed by atoms with E-state index in [9.17, 15) is 8.78 Å². The molecule has 1 aromatic carbocycles. The van der Waals surface area contributed by atoms with Crippen molar-refractivity contribution in [2.75, 3.05) is 18.5 Å². The summed E-state index contributed by atoms with van der Waals surface area (Å²) in [6.07, 6.45) is -2.45. The lowest BCUT2D eigenvalue weighted by Crippen LogP contribution is -2.28. The second-order valence-electron chi connectivity index (χ2n) is 4.19. The predicted molar refractivity (Wildman–Crippen MR) is 76.9 cm³/mol. The number of halogens is 2. The molecule has 0 bridgehead atoms. The molecule has 0 fully saturated rings. The summed E-state index contributed by atoms with van der Waals surface area (Å²) in [6, 6.07) is 9.18. The molecule has 0 atom stereocenters. The van der Waals surface area contributed by atoms with Gasteiger partial charge in [0, 0.05) is 12.4 Å². The Labute approximate surface area is 115 Å². The zero-order valence-electron chi connectivity index (χ0n) is 10.3. The summed E-state index contributed by atoms with van der Waals surface area (Å²) in [5.74, 6) is 0.381. The van der Waals surface area contributed by atoms with Gasteiger partial charge in [-0.15, -0.1) is 0 Å². The smallest absolute Gasteiger partial charge is 0.255 e. The van der Waals surface area contributed by atoms with Crippen LogP contribution in [0.15, 0.2) is 30.3 Å². The lowest BCUT2D eigenvalue weighted by Gasteiger charge is -2.21. The van der Waals surface area contributed by atoms with Gasteiger partial charge in [0.05, 0.1) is 17.6 Å². The fourth-order valence-corrected chi connectivity index (χ4v) is 2.02. The molecule has 1 heterocycles. The van der Waals surface area contributed by atoms with Gasteiger partial charge in [-0.2, -0.15) is 0 Å². The number of anilines is 1. The van der Waals surface area contributed by atoms with E-state index in [4.69, 9.17) is 18.0 Å². The summed E-state index contributed by atoms with van der Waals surface area (Å²) in [5, 5.41) is 0.875. The Balaban J connectivity index is 2.56. The van der Waals surface area contributed by atoms with Crippen molar-refractivity contribution < 1.29 is 8.78 Å². The summed E-state index contributed by atoms with van der Waals surface area (Å²) in [6.45, 7) is -0.416. The standard InChI is InChI=1S/C13H13F2N3S/c1-18(7-11(14)15)13-9(12(16)19)6-8-4-2-3-5-10(8)17-13/h2-6,11H,7H2,1H3,(H2,16,19). The van der Waals surface area contributed by atoms with Gasteiger partial charge >= 0.3 is 0 Å². The molecule has 0 aliphatic rings. The van der Waals surface area contributed by atoms with E-state index in [-0.39, 0.29) is 4.99 Å². The van der Waals surface area contributed by atoms with Gasteiger partial charge in [0.2, 0.25) is 0 Å². The predicted octanol–water partition coefficient (Wildman–Crippen LogP) is 2.57. The Morgan fingerprint density at radius 2 is 2.11 bits per heavy atom. The summed E-state index contributed by atoms with van der Waals surface area (Å²) in [7, 11) is 1.55. The molecule has 1 aromatic heterocycles. The SMILES string of the molecule is CN(CC(F)F)c1nc2ccccc2cc1C(N)=S. The molecule has 100 valence electrons. The maximum atomic E-state index is 12.5. The number of nitrogens with two attached hydrogens (primary N) is 1. The number of para-hydroxylation sites is 1. The number of hydrogen-bond donors (Lipinski definition) is 1. The Morgan fingerprint density at radius 1 is 1.42 bits per heavy atom. The summed E-state index contributed by atoms with van der Waals surface area (Å²) >= 11 is 4.97. The molecule has 6 heteroatoms. The molecular weight excluding hydrogens is 268 g/mol. The van der Waals surface area contributed by atoms with Crippen molar-refractivity contribution in [3.05, 3.63) is 35.9 Å². The maximum Gasteiger partial charge on any atom is 0.255 e. The highest BCUT2D eigenvalue weighted by molar-refractivity contribution is 7.80. The van der Waals surface area contributed by atoms with E-state index in [1.807, 2.05) is 24.3 Å². The summed E-state index contributed by atoms with van der Waals surface area (Å²) in [4.78, 5) is 5.89. The van der Waals surface area contributed by atoms with Crippen LogP contribution >= 0.6 is 12.2 Å². The monoisotopic (exact) mass is 281 g/mol. The number of thiocarbonyl (C=S) groups is 1. The third-order valence-electron chi connectivity index (χ3n) is 2.74. The Kier molecular flexibility index (Phi) is 3.90. The topological polar surface area (TPSA) is 42.2 Å². The van der Waals surface area contributed by atoms with Crippen LogP contribution in [0.25, 0.3) is 10.9 Å². The number of aromatic nitrogens is 1. The quantitative estimate of drug-likeness (QED) is 0.875. The normalized spacial score (nSPS) is 10.9. The molecule has 0 saturated carbocycles. The third-order valence-corrected chi connectivity index (χ3v) is 2.96. The van der Waals surface area contributed by atoms with E-state index in [1.54, 1.807) is 13.1 Å². The molecule has 19 heavy (non-hydrogen) atoms. The fourth-order valence-electron chi connectivity index (χ4n) is 1.87. The van der Waals surface area contributed by atoms with Crippen molar-refractivity contribution in [1.29, 1.82) is 0 Å². The van der Waals surface area contributed by atoms with Crippen LogP contribution in [0.4, 0.5) is 14.6 Å². The zero-order valence-corrected chi connectivity index (χ0v) is 11.1. The van der Waals surface area contributed by atoms with Crippen LogP contribution in [0.5, 0.6) is 0 Å². The van der Waals surface area contributed by atoms with Crippen molar-refractivity contribution in [3.8, 4) is 0 Å². The highest BCUT2D eigenvalue weighted by atomic mass is 32.1. The Hall–Kier alpha value is -1.82. The molecule has 0 saturated heterocycles. The molecule has 0 aliphatic carbocycles. The molecular formula is C13H13F2N3S. The van der Waals surface area contributed by atoms with Gasteiger partial charge in [0.15, 0.2) is 0 Å². The molecule has 0 radical (unpaired) electrons. The number of pyridine rings is 1. The first-order chi connectivity index (χ1) is 8.99. The van der Waals surface area contributed by atoms with E-state index in [0.29, 0.717) is 11.4 Å². The highest BCUT2D eigenvalue weighted by Gasteiger charge is 2.16. The van der Waals surface area contributed by atoms with E-state index < -0.39 is 13.0 Å². The Bertz CT molecular complexity index is 616. The van der Waals surface area contributed by atoms with Crippen molar-refractivity contribution >= 4 is 33.9 Å². The molecule has 0 aliphatic heterocycles. The van der Waals surface area contributed by atoms with E-state index >= 15 is 0 Å². The molecule has 0 amide bonds. The highest BCUT2D eigenvalue weighted by Crippen LogP contribution is 2.23. The van der Waals surface area contributed by atoms with Gasteiger partial charge < -0.3 is 10.6 Å². The zero-order chi connectivity index (χ0) is 14.0.